The predicted octanol–water partition coefficient (Wildman–Crippen LogP) is 7.63. The molecule has 0 bridgehead atoms. The molecule has 0 amide bonds. The molecule has 1 unspecified atom stereocenters. The van der Waals surface area contributed by atoms with Crippen LogP contribution in [0.4, 0.5) is 0 Å². The van der Waals surface area contributed by atoms with Gasteiger partial charge in [-0.3, -0.25) is 4.84 Å². The third-order valence-corrected chi connectivity index (χ3v) is 6.70. The summed E-state index contributed by atoms with van der Waals surface area (Å²) in [6, 6.07) is 14.8. The molecule has 0 radical (unpaired) electrons. The van der Waals surface area contributed by atoms with Gasteiger partial charge in [-0.1, -0.05) is 96.3 Å². The first-order chi connectivity index (χ1) is 15.0. The Morgan fingerprint density at radius 1 is 1.10 bits per heavy atom. The van der Waals surface area contributed by atoms with Crippen molar-refractivity contribution in [1.82, 2.24) is 0 Å². The average molecular weight is 456 g/mol. The molecule has 3 rings (SSSR count). The Balaban J connectivity index is 0.000000785. The number of hydrogen-bond donors (Lipinski definition) is 1. The van der Waals surface area contributed by atoms with E-state index in [4.69, 9.17) is 22.3 Å². The fourth-order valence-corrected chi connectivity index (χ4v) is 4.69. The molecule has 0 aromatic heterocycles. The number of rotatable bonds is 7. The summed E-state index contributed by atoms with van der Waals surface area (Å²) >= 11 is 6.22. The molecule has 0 saturated heterocycles. The number of nitrogens with two attached hydrogens (primary N) is 1. The SMILES string of the molecule is CC/C=C\C(=C(/C)c1cccc(Cl)c1)c1ccc2c(c1)C(CON)=CCP2.CCCC. The van der Waals surface area contributed by atoms with Crippen molar-refractivity contribution in [3.8, 4) is 0 Å². The molecular formula is C27H35ClNOP. The van der Waals surface area contributed by atoms with Gasteiger partial charge in [-0.05, 0) is 76.4 Å². The van der Waals surface area contributed by atoms with Crippen molar-refractivity contribution in [2.24, 2.45) is 5.90 Å². The van der Waals surface area contributed by atoms with Gasteiger partial charge in [0, 0.05) is 5.02 Å². The second-order valence-corrected chi connectivity index (χ2v) is 9.28. The fourth-order valence-electron chi connectivity index (χ4n) is 3.30. The highest BCUT2D eigenvalue weighted by molar-refractivity contribution is 7.47. The molecular weight excluding hydrogens is 421 g/mol. The van der Waals surface area contributed by atoms with E-state index in [0.717, 1.165) is 31.7 Å². The van der Waals surface area contributed by atoms with Crippen molar-refractivity contribution in [3.05, 3.63) is 82.4 Å². The van der Waals surface area contributed by atoms with Crippen LogP contribution in [0.1, 0.15) is 63.6 Å². The average Bonchev–Trinajstić information content (AvgIpc) is 2.80. The Labute approximate surface area is 195 Å². The van der Waals surface area contributed by atoms with Gasteiger partial charge >= 0.3 is 0 Å². The van der Waals surface area contributed by atoms with Crippen molar-refractivity contribution in [1.29, 1.82) is 0 Å². The first-order valence-electron chi connectivity index (χ1n) is 11.1. The highest BCUT2D eigenvalue weighted by Crippen LogP contribution is 2.33. The van der Waals surface area contributed by atoms with Crippen LogP contribution >= 0.6 is 20.2 Å². The van der Waals surface area contributed by atoms with Crippen molar-refractivity contribution in [3.63, 3.8) is 0 Å². The molecule has 4 heteroatoms. The maximum atomic E-state index is 6.22. The van der Waals surface area contributed by atoms with Gasteiger partial charge in [0.2, 0.25) is 0 Å². The van der Waals surface area contributed by atoms with Gasteiger partial charge < -0.3 is 0 Å². The Kier molecular flexibility index (Phi) is 11.3. The zero-order valence-electron chi connectivity index (χ0n) is 19.2. The topological polar surface area (TPSA) is 35.2 Å². The van der Waals surface area contributed by atoms with Crippen molar-refractivity contribution in [2.45, 2.75) is 47.0 Å². The van der Waals surface area contributed by atoms with E-state index < -0.39 is 0 Å². The van der Waals surface area contributed by atoms with E-state index in [1.165, 1.54) is 46.0 Å². The molecule has 2 N–H and O–H groups in total. The van der Waals surface area contributed by atoms with Gasteiger partial charge in [0.05, 0.1) is 6.61 Å². The van der Waals surface area contributed by atoms with E-state index in [0.29, 0.717) is 6.61 Å². The van der Waals surface area contributed by atoms with E-state index >= 15 is 0 Å². The molecule has 31 heavy (non-hydrogen) atoms. The second-order valence-electron chi connectivity index (χ2n) is 7.54. The normalized spacial score (nSPS) is 14.6. The highest BCUT2D eigenvalue weighted by Gasteiger charge is 2.15. The van der Waals surface area contributed by atoms with Gasteiger partial charge in [0.15, 0.2) is 0 Å². The van der Waals surface area contributed by atoms with E-state index in [1.54, 1.807) is 0 Å². The summed E-state index contributed by atoms with van der Waals surface area (Å²) in [6.45, 7) is 9.11. The molecule has 0 fully saturated rings. The molecule has 1 heterocycles. The van der Waals surface area contributed by atoms with Crippen LogP contribution in [0.15, 0.2) is 60.7 Å². The van der Waals surface area contributed by atoms with Gasteiger partial charge in [0.1, 0.15) is 0 Å². The first kappa shape index (κ1) is 25.6. The van der Waals surface area contributed by atoms with Gasteiger partial charge in [0.25, 0.3) is 0 Å². The number of benzene rings is 2. The number of fused-ring (bicyclic) bond motifs is 1. The maximum Gasteiger partial charge on any atom is 0.0933 e. The lowest BCUT2D eigenvalue weighted by Gasteiger charge is -2.19. The second kappa shape index (κ2) is 13.7. The largest absolute Gasteiger partial charge is 0.300 e. The summed E-state index contributed by atoms with van der Waals surface area (Å²) in [6.07, 6.45) is 11.3. The van der Waals surface area contributed by atoms with Gasteiger partial charge in [-0.15, -0.1) is 0 Å². The summed E-state index contributed by atoms with van der Waals surface area (Å²) in [5.74, 6) is 5.35. The Bertz CT molecular complexity index is 944. The predicted molar refractivity (Wildman–Crippen MR) is 141 cm³/mol. The zero-order valence-corrected chi connectivity index (χ0v) is 20.9. The standard InChI is InChI=1S/C23H25ClNOP.C4H10/c1-3-4-8-21(16(2)17-6-5-7-20(24)13-17)18-9-10-23-22(14-18)19(15-26-25)11-12-27-23;1-3-4-2/h4-11,13-14,27H,3,12,15,25H2,1-2H3;3-4H2,1-2H3/b8-4-,21-16-;. The smallest absolute Gasteiger partial charge is 0.0933 e. The van der Waals surface area contributed by atoms with Crippen LogP contribution in [-0.4, -0.2) is 12.8 Å². The fraction of sp³-hybridized carbons (Fsp3) is 0.333. The number of unbranched alkanes of at least 4 members (excludes halogenated alkanes) is 1. The summed E-state index contributed by atoms with van der Waals surface area (Å²) in [5.41, 5.74) is 7.19. The van der Waals surface area contributed by atoms with Gasteiger partial charge in [-0.2, -0.15) is 0 Å². The van der Waals surface area contributed by atoms with Crippen molar-refractivity contribution in [2.75, 3.05) is 12.8 Å². The van der Waals surface area contributed by atoms with Crippen LogP contribution in [0.3, 0.4) is 0 Å². The van der Waals surface area contributed by atoms with Gasteiger partial charge in [-0.25, -0.2) is 5.90 Å². The molecule has 1 aliphatic rings. The number of halogens is 1. The van der Waals surface area contributed by atoms with Crippen LogP contribution in [-0.2, 0) is 4.84 Å². The molecule has 0 aliphatic carbocycles. The molecule has 1 aliphatic heterocycles. The van der Waals surface area contributed by atoms with E-state index in [9.17, 15) is 0 Å². The van der Waals surface area contributed by atoms with Crippen LogP contribution in [0.2, 0.25) is 5.02 Å². The summed E-state index contributed by atoms with van der Waals surface area (Å²) in [7, 11) is 0.795. The van der Waals surface area contributed by atoms with Crippen molar-refractivity contribution < 1.29 is 4.84 Å². The van der Waals surface area contributed by atoms with Crippen LogP contribution in [0, 0.1) is 0 Å². The minimum absolute atomic E-state index is 0.443. The lowest BCUT2D eigenvalue weighted by atomic mass is 9.92. The molecule has 166 valence electrons. The van der Waals surface area contributed by atoms with E-state index in [-0.39, 0.29) is 0 Å². The Morgan fingerprint density at radius 2 is 1.87 bits per heavy atom. The number of hydrogen-bond acceptors (Lipinski definition) is 2. The number of allylic oxidation sites excluding steroid dienone is 5. The third kappa shape index (κ3) is 7.44. The highest BCUT2D eigenvalue weighted by atomic mass is 35.5. The molecule has 1 atom stereocenters. The van der Waals surface area contributed by atoms with Crippen molar-refractivity contribution >= 4 is 42.2 Å². The summed E-state index contributed by atoms with van der Waals surface area (Å²) < 4.78 is 0. The minimum atomic E-state index is 0.443. The molecule has 0 saturated carbocycles. The van der Waals surface area contributed by atoms with Crippen LogP contribution < -0.4 is 11.2 Å². The third-order valence-electron chi connectivity index (χ3n) is 5.24. The summed E-state index contributed by atoms with van der Waals surface area (Å²) in [5, 5.41) is 2.13. The molecule has 2 aromatic rings. The van der Waals surface area contributed by atoms with Crippen LogP contribution in [0.25, 0.3) is 16.7 Å². The lowest BCUT2D eigenvalue weighted by Crippen LogP contribution is -2.14. The Morgan fingerprint density at radius 3 is 2.52 bits per heavy atom. The van der Waals surface area contributed by atoms with E-state index in [1.807, 2.05) is 18.2 Å². The van der Waals surface area contributed by atoms with Crippen LogP contribution in [0.5, 0.6) is 0 Å². The zero-order chi connectivity index (χ0) is 22.6. The molecule has 2 aromatic carbocycles. The maximum absolute atomic E-state index is 6.22. The molecule has 2 nitrogen and oxygen atoms in total. The minimum Gasteiger partial charge on any atom is -0.300 e. The first-order valence-corrected chi connectivity index (χ1v) is 12.7. The quantitative estimate of drug-likeness (QED) is 0.201. The van der Waals surface area contributed by atoms with E-state index in [2.05, 4.69) is 70.2 Å². The summed E-state index contributed by atoms with van der Waals surface area (Å²) in [4.78, 5) is 4.93. The monoisotopic (exact) mass is 455 g/mol. The molecule has 0 spiro atoms. The Hall–Kier alpha value is -1.70. The lowest BCUT2D eigenvalue weighted by molar-refractivity contribution is 0.173.